The molecule has 0 aliphatic heterocycles. The van der Waals surface area contributed by atoms with Crippen LogP contribution in [0.4, 0.5) is 5.69 Å². The van der Waals surface area contributed by atoms with Crippen LogP contribution in [0.3, 0.4) is 0 Å². The van der Waals surface area contributed by atoms with E-state index in [-0.39, 0.29) is 16.6 Å². The predicted molar refractivity (Wildman–Crippen MR) is 114 cm³/mol. The summed E-state index contributed by atoms with van der Waals surface area (Å²) in [5.74, 6) is 0.497. The zero-order valence-corrected chi connectivity index (χ0v) is 18.0. The first-order valence-corrected chi connectivity index (χ1v) is 9.82. The predicted octanol–water partition coefficient (Wildman–Crippen LogP) is 3.50. The van der Waals surface area contributed by atoms with E-state index in [0.29, 0.717) is 41.9 Å². The van der Waals surface area contributed by atoms with E-state index in [9.17, 15) is 9.59 Å². The van der Waals surface area contributed by atoms with E-state index in [1.54, 1.807) is 30.9 Å². The fourth-order valence-corrected chi connectivity index (χ4v) is 3.42. The molecule has 0 saturated carbocycles. The molecule has 1 heterocycles. The molecular formula is C19H25Cl2N5O2. The number of hydrogen-bond donors (Lipinski definition) is 1. The van der Waals surface area contributed by atoms with Crippen LogP contribution in [0.2, 0.25) is 10.0 Å². The van der Waals surface area contributed by atoms with Gasteiger partial charge in [-0.15, -0.1) is 6.58 Å². The highest BCUT2D eigenvalue weighted by Crippen LogP contribution is 2.31. The molecule has 0 radical (unpaired) electrons. The Bertz CT molecular complexity index is 931. The number of carbonyl (C=O) groups is 1. The number of benzene rings is 1. The van der Waals surface area contributed by atoms with Gasteiger partial charge in [0.2, 0.25) is 5.91 Å². The summed E-state index contributed by atoms with van der Waals surface area (Å²) in [6.45, 7) is 12.6. The Morgan fingerprint density at radius 2 is 1.96 bits per heavy atom. The number of nitrogens with one attached hydrogen (secondary N) is 1. The Labute approximate surface area is 174 Å². The standard InChI is InChI=1S/C19H25Cl2N5O2/c1-6-9-25-13(5)23-26(19(25)28)17-11-16(14(20)10-15(17)21)22-12(4)18(27)24(7-2)8-3/h6,10-12,22H,1,7-9H2,2-5H3. The van der Waals surface area contributed by atoms with Crippen molar-refractivity contribution < 1.29 is 4.79 Å². The van der Waals surface area contributed by atoms with Gasteiger partial charge in [0.15, 0.2) is 0 Å². The number of amides is 1. The van der Waals surface area contributed by atoms with E-state index in [0.717, 1.165) is 0 Å². The molecule has 1 aromatic carbocycles. The normalized spacial score (nSPS) is 11.9. The van der Waals surface area contributed by atoms with Gasteiger partial charge in [0.05, 0.1) is 21.4 Å². The summed E-state index contributed by atoms with van der Waals surface area (Å²) in [5.41, 5.74) is 0.545. The van der Waals surface area contributed by atoms with Crippen molar-refractivity contribution in [2.45, 2.75) is 40.3 Å². The lowest BCUT2D eigenvalue weighted by atomic mass is 10.2. The second kappa shape index (κ2) is 9.30. The summed E-state index contributed by atoms with van der Waals surface area (Å²) in [5, 5.41) is 8.03. The molecule has 0 spiro atoms. The van der Waals surface area contributed by atoms with Gasteiger partial charge in [-0.2, -0.15) is 9.78 Å². The van der Waals surface area contributed by atoms with Crippen LogP contribution in [-0.4, -0.2) is 44.3 Å². The fraction of sp³-hybridized carbons (Fsp3) is 0.421. The van der Waals surface area contributed by atoms with Gasteiger partial charge in [-0.1, -0.05) is 29.3 Å². The molecule has 9 heteroatoms. The highest BCUT2D eigenvalue weighted by molar-refractivity contribution is 6.37. The Kier molecular flexibility index (Phi) is 7.32. The number of aromatic nitrogens is 3. The lowest BCUT2D eigenvalue weighted by molar-refractivity contribution is -0.131. The van der Waals surface area contributed by atoms with Gasteiger partial charge in [0.25, 0.3) is 0 Å². The number of allylic oxidation sites excluding steroid dienone is 1. The highest BCUT2D eigenvalue weighted by atomic mass is 35.5. The van der Waals surface area contributed by atoms with E-state index in [1.807, 2.05) is 13.8 Å². The van der Waals surface area contributed by atoms with Crippen LogP contribution in [0.1, 0.15) is 26.6 Å². The largest absolute Gasteiger partial charge is 0.373 e. The van der Waals surface area contributed by atoms with Crippen LogP contribution in [0, 0.1) is 6.92 Å². The molecule has 0 aliphatic rings. The highest BCUT2D eigenvalue weighted by Gasteiger charge is 2.21. The van der Waals surface area contributed by atoms with Gasteiger partial charge in [-0.3, -0.25) is 9.36 Å². The Morgan fingerprint density at radius 1 is 1.32 bits per heavy atom. The molecule has 0 saturated heterocycles. The van der Waals surface area contributed by atoms with E-state index >= 15 is 0 Å². The minimum Gasteiger partial charge on any atom is -0.373 e. The van der Waals surface area contributed by atoms with Crippen molar-refractivity contribution in [2.24, 2.45) is 0 Å². The van der Waals surface area contributed by atoms with Crippen LogP contribution < -0.4 is 11.0 Å². The van der Waals surface area contributed by atoms with Gasteiger partial charge in [0.1, 0.15) is 11.9 Å². The molecule has 1 aromatic heterocycles. The van der Waals surface area contributed by atoms with Gasteiger partial charge in [-0.05, 0) is 39.8 Å². The first-order valence-electron chi connectivity index (χ1n) is 9.07. The molecule has 1 N–H and O–H groups in total. The van der Waals surface area contributed by atoms with E-state index in [4.69, 9.17) is 23.2 Å². The second-order valence-electron chi connectivity index (χ2n) is 6.30. The quantitative estimate of drug-likeness (QED) is 0.656. The number of hydrogen-bond acceptors (Lipinski definition) is 4. The van der Waals surface area contributed by atoms with E-state index in [2.05, 4.69) is 17.0 Å². The van der Waals surface area contributed by atoms with Crippen molar-refractivity contribution in [2.75, 3.05) is 18.4 Å². The van der Waals surface area contributed by atoms with E-state index in [1.165, 1.54) is 15.3 Å². The third-order valence-electron chi connectivity index (χ3n) is 4.44. The topological polar surface area (TPSA) is 72.2 Å². The van der Waals surface area contributed by atoms with Crippen LogP contribution in [-0.2, 0) is 11.3 Å². The lowest BCUT2D eigenvalue weighted by Crippen LogP contribution is -2.41. The minimum atomic E-state index is -0.497. The molecule has 152 valence electrons. The maximum absolute atomic E-state index is 12.7. The molecule has 2 aromatic rings. The lowest BCUT2D eigenvalue weighted by Gasteiger charge is -2.24. The maximum Gasteiger partial charge on any atom is 0.351 e. The Hall–Kier alpha value is -2.25. The third kappa shape index (κ3) is 4.42. The number of rotatable bonds is 8. The van der Waals surface area contributed by atoms with Gasteiger partial charge in [-0.25, -0.2) is 4.79 Å². The van der Waals surface area contributed by atoms with Crippen molar-refractivity contribution in [3.8, 4) is 5.69 Å². The van der Waals surface area contributed by atoms with Crippen LogP contribution in [0.5, 0.6) is 0 Å². The fourth-order valence-electron chi connectivity index (χ4n) is 2.91. The molecule has 1 atom stereocenters. The average Bonchev–Trinajstić information content (AvgIpc) is 2.93. The number of carbonyl (C=O) groups excluding carboxylic acids is 1. The maximum atomic E-state index is 12.7. The van der Waals surface area contributed by atoms with Crippen LogP contribution in [0.25, 0.3) is 5.69 Å². The van der Waals surface area contributed by atoms with E-state index < -0.39 is 6.04 Å². The summed E-state index contributed by atoms with van der Waals surface area (Å²) in [7, 11) is 0. The smallest absolute Gasteiger partial charge is 0.351 e. The zero-order valence-electron chi connectivity index (χ0n) is 16.5. The Morgan fingerprint density at radius 3 is 2.54 bits per heavy atom. The molecule has 0 aliphatic carbocycles. The molecule has 0 fully saturated rings. The summed E-state index contributed by atoms with van der Waals surface area (Å²) in [4.78, 5) is 26.9. The summed E-state index contributed by atoms with van der Waals surface area (Å²) < 4.78 is 2.71. The molecule has 0 bridgehead atoms. The van der Waals surface area contributed by atoms with Crippen molar-refractivity contribution in [1.29, 1.82) is 0 Å². The zero-order chi connectivity index (χ0) is 21.0. The Balaban J connectivity index is 2.43. The summed E-state index contributed by atoms with van der Waals surface area (Å²) >= 11 is 12.6. The van der Waals surface area contributed by atoms with Crippen LogP contribution >= 0.6 is 23.2 Å². The molecule has 2 rings (SSSR count). The summed E-state index contributed by atoms with van der Waals surface area (Å²) in [6.07, 6.45) is 1.62. The number of nitrogens with zero attached hydrogens (tertiary/aromatic N) is 4. The molecule has 7 nitrogen and oxygen atoms in total. The van der Waals surface area contributed by atoms with Gasteiger partial charge in [0, 0.05) is 19.6 Å². The monoisotopic (exact) mass is 425 g/mol. The number of likely N-dealkylation sites (N-methyl/N-ethyl adjacent to an activating group) is 1. The molecule has 1 amide bonds. The number of aryl methyl sites for hydroxylation is 1. The number of anilines is 1. The van der Waals surface area contributed by atoms with Crippen molar-refractivity contribution >= 4 is 34.8 Å². The van der Waals surface area contributed by atoms with Gasteiger partial charge < -0.3 is 10.2 Å². The second-order valence-corrected chi connectivity index (χ2v) is 7.12. The first kappa shape index (κ1) is 22.0. The van der Waals surface area contributed by atoms with Crippen molar-refractivity contribution in [1.82, 2.24) is 19.2 Å². The van der Waals surface area contributed by atoms with Crippen LogP contribution in [0.15, 0.2) is 29.6 Å². The molecular weight excluding hydrogens is 401 g/mol. The summed E-state index contributed by atoms with van der Waals surface area (Å²) in [6, 6.07) is 2.66. The first-order chi connectivity index (χ1) is 13.2. The van der Waals surface area contributed by atoms with Crippen molar-refractivity contribution in [3.05, 3.63) is 51.1 Å². The molecule has 28 heavy (non-hydrogen) atoms. The average molecular weight is 426 g/mol. The molecule has 1 unspecified atom stereocenters. The van der Waals surface area contributed by atoms with Gasteiger partial charge >= 0.3 is 5.69 Å². The third-order valence-corrected chi connectivity index (χ3v) is 5.06. The number of halogens is 2. The van der Waals surface area contributed by atoms with Crippen molar-refractivity contribution in [3.63, 3.8) is 0 Å². The SMILES string of the molecule is C=CCn1c(C)nn(-c2cc(NC(C)C(=O)N(CC)CC)c(Cl)cc2Cl)c1=O. The minimum absolute atomic E-state index is 0.0409.